The Kier molecular flexibility index (Phi) is 6.35. The number of rotatable bonds is 7. The van der Waals surface area contributed by atoms with E-state index in [0.29, 0.717) is 19.0 Å². The Hall–Kier alpha value is -2.87. The zero-order valence-corrected chi connectivity index (χ0v) is 19.9. The van der Waals surface area contributed by atoms with E-state index < -0.39 is 0 Å². The van der Waals surface area contributed by atoms with Gasteiger partial charge in [-0.1, -0.05) is 25.8 Å². The average Bonchev–Trinajstić information content (AvgIpc) is 3.55. The largest absolute Gasteiger partial charge is 0.472 e. The third-order valence-electron chi connectivity index (χ3n) is 6.68. The summed E-state index contributed by atoms with van der Waals surface area (Å²) in [5.41, 5.74) is 1.12. The van der Waals surface area contributed by atoms with Gasteiger partial charge in [0.25, 0.3) is 0 Å². The van der Waals surface area contributed by atoms with Gasteiger partial charge in [-0.05, 0) is 37.8 Å². The maximum absolute atomic E-state index is 12.0. The minimum atomic E-state index is -0.0800. The fraction of sp³-hybridized carbons (Fsp3) is 0.480. The molecule has 1 amide bonds. The highest BCUT2D eigenvalue weighted by atomic mass is 32.1. The van der Waals surface area contributed by atoms with Crippen molar-refractivity contribution in [1.29, 1.82) is 0 Å². The van der Waals surface area contributed by atoms with E-state index in [0.717, 1.165) is 45.6 Å². The summed E-state index contributed by atoms with van der Waals surface area (Å²) in [4.78, 5) is 24.2. The molecule has 1 atom stereocenters. The van der Waals surface area contributed by atoms with Gasteiger partial charge < -0.3 is 19.5 Å². The van der Waals surface area contributed by atoms with Crippen LogP contribution < -0.4 is 10.1 Å². The first-order valence-corrected chi connectivity index (χ1v) is 12.7. The van der Waals surface area contributed by atoms with Gasteiger partial charge in [0, 0.05) is 42.8 Å². The van der Waals surface area contributed by atoms with Crippen LogP contribution in [0.3, 0.4) is 0 Å². The smallest absolute Gasteiger partial charge is 0.246 e. The van der Waals surface area contributed by atoms with Gasteiger partial charge in [0.1, 0.15) is 11.9 Å². The molecule has 3 aromatic rings. The van der Waals surface area contributed by atoms with Gasteiger partial charge in [-0.3, -0.25) is 4.79 Å². The first kappa shape index (κ1) is 21.9. The Morgan fingerprint density at radius 3 is 2.94 bits per heavy atom. The van der Waals surface area contributed by atoms with Crippen LogP contribution in [-0.2, 0) is 11.3 Å². The molecule has 0 aromatic carbocycles. The lowest BCUT2D eigenvalue weighted by Gasteiger charge is -2.22. The van der Waals surface area contributed by atoms with E-state index in [2.05, 4.69) is 39.8 Å². The minimum Gasteiger partial charge on any atom is -0.472 e. The lowest BCUT2D eigenvalue weighted by atomic mass is 9.89. The summed E-state index contributed by atoms with van der Waals surface area (Å²) in [5, 5.41) is 5.20. The number of thiazole rings is 1. The second-order valence-corrected chi connectivity index (χ2v) is 10.4. The lowest BCUT2D eigenvalue weighted by molar-refractivity contribution is -0.125. The van der Waals surface area contributed by atoms with E-state index in [-0.39, 0.29) is 12.0 Å². The van der Waals surface area contributed by atoms with Gasteiger partial charge in [0.05, 0.1) is 17.4 Å². The number of amides is 1. The molecule has 1 aliphatic carbocycles. The van der Waals surface area contributed by atoms with Crippen LogP contribution >= 0.6 is 11.3 Å². The van der Waals surface area contributed by atoms with Crippen molar-refractivity contribution in [2.75, 3.05) is 18.4 Å². The Balaban J connectivity index is 1.44. The predicted molar refractivity (Wildman–Crippen MR) is 132 cm³/mol. The highest BCUT2D eigenvalue weighted by Gasteiger charge is 2.28. The maximum Gasteiger partial charge on any atom is 0.246 e. The van der Waals surface area contributed by atoms with Crippen molar-refractivity contribution in [3.63, 3.8) is 0 Å². The molecule has 1 saturated heterocycles. The van der Waals surface area contributed by atoms with Crippen LogP contribution in [0.1, 0.15) is 43.4 Å². The Morgan fingerprint density at radius 1 is 1.33 bits per heavy atom. The molecular formula is C25H31N5O2S. The number of hydrogen-bond acceptors (Lipinski definition) is 6. The molecular weight excluding hydrogens is 434 g/mol. The molecule has 1 saturated carbocycles. The fourth-order valence-corrected chi connectivity index (χ4v) is 5.62. The third kappa shape index (κ3) is 4.90. The van der Waals surface area contributed by atoms with Crippen LogP contribution in [-0.4, -0.2) is 44.5 Å². The van der Waals surface area contributed by atoms with Crippen molar-refractivity contribution in [2.24, 2.45) is 5.92 Å². The Bertz CT molecular complexity index is 1150. The number of carbonyl (C=O) groups is 1. The van der Waals surface area contributed by atoms with E-state index >= 15 is 0 Å². The van der Waals surface area contributed by atoms with Crippen LogP contribution in [0.25, 0.3) is 10.9 Å². The molecule has 174 valence electrons. The van der Waals surface area contributed by atoms with Crippen molar-refractivity contribution >= 4 is 39.1 Å². The van der Waals surface area contributed by atoms with E-state index in [1.165, 1.54) is 38.2 Å². The normalized spacial score (nSPS) is 19.2. The lowest BCUT2D eigenvalue weighted by Crippen LogP contribution is -2.29. The number of anilines is 2. The Labute approximate surface area is 198 Å². The monoisotopic (exact) mass is 465 g/mol. The third-order valence-corrected chi connectivity index (χ3v) is 7.51. The molecule has 33 heavy (non-hydrogen) atoms. The molecule has 0 bridgehead atoms. The number of fused-ring (bicyclic) bond motifs is 1. The quantitative estimate of drug-likeness (QED) is 0.480. The molecule has 0 spiro atoms. The first-order chi connectivity index (χ1) is 16.1. The minimum absolute atomic E-state index is 0.0487. The number of nitrogens with zero attached hydrogens (tertiary/aromatic N) is 4. The molecule has 2 aliphatic rings. The molecule has 8 heteroatoms. The van der Waals surface area contributed by atoms with Crippen molar-refractivity contribution in [2.45, 2.75) is 58.1 Å². The number of hydrogen-bond donors (Lipinski definition) is 1. The topological polar surface area (TPSA) is 72.3 Å². The summed E-state index contributed by atoms with van der Waals surface area (Å²) in [7, 11) is 0. The highest BCUT2D eigenvalue weighted by molar-refractivity contribution is 7.15. The van der Waals surface area contributed by atoms with E-state index in [1.54, 1.807) is 16.2 Å². The first-order valence-electron chi connectivity index (χ1n) is 11.9. The number of likely N-dealkylation sites (tertiary alicyclic amines) is 1. The number of pyridine rings is 1. The highest BCUT2D eigenvalue weighted by Crippen LogP contribution is 2.33. The zero-order chi connectivity index (χ0) is 22.8. The van der Waals surface area contributed by atoms with Crippen LogP contribution in [0.5, 0.6) is 5.88 Å². The number of nitrogens with one attached hydrogen (secondary N) is 1. The molecule has 3 aromatic heterocycles. The maximum atomic E-state index is 12.0. The molecule has 4 heterocycles. The predicted octanol–water partition coefficient (Wildman–Crippen LogP) is 5.29. The number of ether oxygens (including phenoxy) is 1. The molecule has 1 N–H and O–H groups in total. The number of aryl methyl sites for hydroxylation is 1. The molecule has 1 aliphatic heterocycles. The van der Waals surface area contributed by atoms with E-state index in [1.807, 2.05) is 13.1 Å². The van der Waals surface area contributed by atoms with Gasteiger partial charge in [0.15, 0.2) is 5.13 Å². The van der Waals surface area contributed by atoms with Gasteiger partial charge in [0.2, 0.25) is 11.8 Å². The van der Waals surface area contributed by atoms with E-state index in [9.17, 15) is 4.79 Å². The van der Waals surface area contributed by atoms with Gasteiger partial charge in [-0.15, -0.1) is 11.3 Å². The van der Waals surface area contributed by atoms with Crippen molar-refractivity contribution in [3.05, 3.63) is 42.1 Å². The van der Waals surface area contributed by atoms with Gasteiger partial charge >= 0.3 is 0 Å². The molecule has 0 radical (unpaired) electrons. The van der Waals surface area contributed by atoms with Crippen LogP contribution in [0.15, 0.2) is 37.2 Å². The molecule has 2 fully saturated rings. The Morgan fingerprint density at radius 2 is 2.18 bits per heavy atom. The second-order valence-electron chi connectivity index (χ2n) is 9.14. The SMILES string of the molecule is C=CC(=O)N1CCC(Oc2nc(Nc3ncc(C)s3)cc3c2ccn3CC2CCCCC2)C1. The summed E-state index contributed by atoms with van der Waals surface area (Å²) < 4.78 is 8.74. The number of carbonyl (C=O) groups excluding carboxylic acids is 1. The fourth-order valence-electron chi connectivity index (χ4n) is 4.95. The zero-order valence-electron chi connectivity index (χ0n) is 19.1. The summed E-state index contributed by atoms with van der Waals surface area (Å²) in [6, 6.07) is 4.21. The summed E-state index contributed by atoms with van der Waals surface area (Å²) >= 11 is 1.60. The van der Waals surface area contributed by atoms with Crippen LogP contribution in [0.2, 0.25) is 0 Å². The summed E-state index contributed by atoms with van der Waals surface area (Å²) in [5.74, 6) is 2.02. The van der Waals surface area contributed by atoms with Crippen LogP contribution in [0, 0.1) is 12.8 Å². The van der Waals surface area contributed by atoms with Crippen molar-refractivity contribution in [3.8, 4) is 5.88 Å². The molecule has 7 nitrogen and oxygen atoms in total. The second kappa shape index (κ2) is 9.55. The van der Waals surface area contributed by atoms with E-state index in [4.69, 9.17) is 9.72 Å². The molecule has 5 rings (SSSR count). The standard InChI is InChI=1S/C25H31N5O2S/c1-3-23(31)30-11-9-19(16-30)32-24-20-10-12-29(15-18-7-5-4-6-8-18)21(20)13-22(27-24)28-25-26-14-17(2)33-25/h3,10,12-14,18-19H,1,4-9,11,15-16H2,2H3,(H,26,27,28). The summed E-state index contributed by atoms with van der Waals surface area (Å²) in [6.45, 7) is 7.90. The van der Waals surface area contributed by atoms with Gasteiger partial charge in [-0.25, -0.2) is 4.98 Å². The van der Waals surface area contributed by atoms with Crippen molar-refractivity contribution in [1.82, 2.24) is 19.4 Å². The average molecular weight is 466 g/mol. The summed E-state index contributed by atoms with van der Waals surface area (Å²) in [6.07, 6.45) is 12.7. The molecule has 1 unspecified atom stereocenters. The van der Waals surface area contributed by atoms with Crippen LogP contribution in [0.4, 0.5) is 10.9 Å². The van der Waals surface area contributed by atoms with Crippen molar-refractivity contribution < 1.29 is 9.53 Å². The number of aromatic nitrogens is 3. The van der Waals surface area contributed by atoms with Gasteiger partial charge in [-0.2, -0.15) is 4.98 Å².